The summed E-state index contributed by atoms with van der Waals surface area (Å²) in [5.74, 6) is 0.338. The van der Waals surface area contributed by atoms with Crippen LogP contribution in [-0.4, -0.2) is 13.0 Å². The van der Waals surface area contributed by atoms with Crippen LogP contribution in [0.3, 0.4) is 0 Å². The van der Waals surface area contributed by atoms with Gasteiger partial charge in [-0.15, -0.1) is 11.3 Å². The number of benzene rings is 1. The lowest BCUT2D eigenvalue weighted by atomic mass is 10.1. The molecule has 6 heteroatoms. The van der Waals surface area contributed by atoms with Crippen LogP contribution in [0.2, 0.25) is 0 Å². The van der Waals surface area contributed by atoms with Gasteiger partial charge in [0.2, 0.25) is 0 Å². The molecule has 1 aromatic heterocycles. The van der Waals surface area contributed by atoms with E-state index in [4.69, 9.17) is 15.3 Å². The number of anilines is 1. The summed E-state index contributed by atoms with van der Waals surface area (Å²) in [6, 6.07) is 10.0. The number of methoxy groups -OCH3 is 1. The highest BCUT2D eigenvalue weighted by molar-refractivity contribution is 7.12. The maximum Gasteiger partial charge on any atom is 0.265 e. The molecule has 1 amide bonds. The highest BCUT2D eigenvalue weighted by Crippen LogP contribution is 2.22. The quantitative estimate of drug-likeness (QED) is 0.938. The van der Waals surface area contributed by atoms with Gasteiger partial charge >= 0.3 is 0 Å². The summed E-state index contributed by atoms with van der Waals surface area (Å²) in [6.07, 6.45) is 0. The molecule has 1 heterocycles. The van der Waals surface area contributed by atoms with Crippen LogP contribution >= 0.6 is 11.3 Å². The smallest absolute Gasteiger partial charge is 0.265 e. The third kappa shape index (κ3) is 2.77. The Morgan fingerprint density at radius 3 is 2.60 bits per heavy atom. The van der Waals surface area contributed by atoms with Crippen LogP contribution in [0.1, 0.15) is 20.8 Å². The van der Waals surface area contributed by atoms with Crippen molar-refractivity contribution in [3.63, 3.8) is 0 Å². The van der Waals surface area contributed by atoms with E-state index >= 15 is 0 Å². The van der Waals surface area contributed by atoms with Gasteiger partial charge < -0.3 is 10.1 Å². The zero-order valence-corrected chi connectivity index (χ0v) is 11.3. The first-order valence-electron chi connectivity index (χ1n) is 5.56. The summed E-state index contributed by atoms with van der Waals surface area (Å²) >= 11 is 1.26. The number of thiophene rings is 1. The first kappa shape index (κ1) is 13.6. The molecule has 0 radical (unpaired) electrons. The molecule has 5 nitrogen and oxygen atoms in total. The number of carbonyl (C=O) groups is 1. The van der Waals surface area contributed by atoms with E-state index in [2.05, 4.69) is 5.32 Å². The second-order valence-corrected chi connectivity index (χ2v) is 4.70. The molecule has 0 saturated carbocycles. The van der Waals surface area contributed by atoms with Crippen molar-refractivity contribution in [2.45, 2.75) is 0 Å². The summed E-state index contributed by atoms with van der Waals surface area (Å²) in [5, 5.41) is 22.2. The number of rotatable bonds is 3. The van der Waals surface area contributed by atoms with Crippen LogP contribution in [-0.2, 0) is 0 Å². The summed E-state index contributed by atoms with van der Waals surface area (Å²) < 4.78 is 5.01. The van der Waals surface area contributed by atoms with Crippen molar-refractivity contribution < 1.29 is 9.53 Å². The minimum atomic E-state index is -0.285. The van der Waals surface area contributed by atoms with E-state index < -0.39 is 0 Å². The largest absolute Gasteiger partial charge is 0.496 e. The number of nitriles is 2. The van der Waals surface area contributed by atoms with E-state index in [1.54, 1.807) is 17.5 Å². The van der Waals surface area contributed by atoms with E-state index in [1.807, 2.05) is 12.1 Å². The summed E-state index contributed by atoms with van der Waals surface area (Å²) in [4.78, 5) is 12.5. The van der Waals surface area contributed by atoms with E-state index in [9.17, 15) is 4.79 Å². The molecule has 0 unspecified atom stereocenters. The molecule has 0 saturated heterocycles. The van der Waals surface area contributed by atoms with E-state index in [0.29, 0.717) is 16.3 Å². The first-order chi connectivity index (χ1) is 9.67. The van der Waals surface area contributed by atoms with Crippen molar-refractivity contribution in [1.29, 1.82) is 10.5 Å². The van der Waals surface area contributed by atoms with Gasteiger partial charge in [-0.3, -0.25) is 4.79 Å². The van der Waals surface area contributed by atoms with Crippen molar-refractivity contribution >= 4 is 22.9 Å². The fourth-order valence-electron chi connectivity index (χ4n) is 1.55. The zero-order chi connectivity index (χ0) is 14.5. The molecule has 0 spiro atoms. The number of amides is 1. The average molecular weight is 283 g/mol. The molecule has 0 bridgehead atoms. The van der Waals surface area contributed by atoms with Crippen LogP contribution < -0.4 is 10.1 Å². The van der Waals surface area contributed by atoms with Crippen LogP contribution in [0.4, 0.5) is 5.69 Å². The standard InChI is InChI=1S/C14H9N3O2S/c1-19-12-5-13(20-8-12)14(18)17-11-3-2-9(6-15)10(4-11)7-16/h2-5,8H,1H3,(H,17,18). The molecule has 0 aliphatic heterocycles. The third-order valence-corrected chi connectivity index (χ3v) is 3.46. The van der Waals surface area contributed by atoms with Crippen molar-refractivity contribution in [3.8, 4) is 17.9 Å². The number of carbonyl (C=O) groups excluding carboxylic acids is 1. The lowest BCUT2D eigenvalue weighted by Crippen LogP contribution is -2.10. The van der Waals surface area contributed by atoms with Gasteiger partial charge in [0, 0.05) is 17.1 Å². The monoisotopic (exact) mass is 283 g/mol. The maximum absolute atomic E-state index is 12.0. The Kier molecular flexibility index (Phi) is 3.99. The number of nitrogens with one attached hydrogen (secondary N) is 1. The molecule has 2 rings (SSSR count). The molecule has 20 heavy (non-hydrogen) atoms. The van der Waals surface area contributed by atoms with Gasteiger partial charge in [-0.25, -0.2) is 0 Å². The van der Waals surface area contributed by atoms with Gasteiger partial charge in [-0.2, -0.15) is 10.5 Å². The van der Waals surface area contributed by atoms with Crippen LogP contribution in [0, 0.1) is 22.7 Å². The van der Waals surface area contributed by atoms with E-state index in [0.717, 1.165) is 0 Å². The molecular formula is C14H9N3O2S. The Labute approximate surface area is 119 Å². The van der Waals surface area contributed by atoms with Gasteiger partial charge in [0.05, 0.1) is 23.1 Å². The Hall–Kier alpha value is -2.83. The highest BCUT2D eigenvalue weighted by atomic mass is 32.1. The lowest BCUT2D eigenvalue weighted by molar-refractivity contribution is 0.103. The Morgan fingerprint density at radius 2 is 2.00 bits per heavy atom. The maximum atomic E-state index is 12.0. The normalized spacial score (nSPS) is 9.35. The summed E-state index contributed by atoms with van der Waals surface area (Å²) in [7, 11) is 1.53. The number of hydrogen-bond acceptors (Lipinski definition) is 5. The third-order valence-electron chi connectivity index (χ3n) is 2.55. The second-order valence-electron chi connectivity index (χ2n) is 3.79. The molecule has 98 valence electrons. The summed E-state index contributed by atoms with van der Waals surface area (Å²) in [6.45, 7) is 0. The predicted molar refractivity (Wildman–Crippen MR) is 74.7 cm³/mol. The van der Waals surface area contributed by atoms with Gasteiger partial charge in [-0.1, -0.05) is 0 Å². The van der Waals surface area contributed by atoms with Crippen LogP contribution in [0.5, 0.6) is 5.75 Å². The van der Waals surface area contributed by atoms with Gasteiger partial charge in [0.15, 0.2) is 0 Å². The fraction of sp³-hybridized carbons (Fsp3) is 0.0714. The Bertz CT molecular complexity index is 738. The molecule has 0 fully saturated rings. The molecule has 0 aliphatic carbocycles. The molecular weight excluding hydrogens is 274 g/mol. The average Bonchev–Trinajstić information content (AvgIpc) is 2.96. The van der Waals surface area contributed by atoms with Crippen molar-refractivity contribution in [2.75, 3.05) is 12.4 Å². The Balaban J connectivity index is 2.20. The van der Waals surface area contributed by atoms with Gasteiger partial charge in [0.1, 0.15) is 17.9 Å². The molecule has 0 aliphatic rings. The van der Waals surface area contributed by atoms with E-state index in [-0.39, 0.29) is 17.0 Å². The second kappa shape index (κ2) is 5.87. The SMILES string of the molecule is COc1csc(C(=O)Nc2ccc(C#N)c(C#N)c2)c1. The molecule has 0 atom stereocenters. The van der Waals surface area contributed by atoms with Gasteiger partial charge in [-0.05, 0) is 18.2 Å². The van der Waals surface area contributed by atoms with Crippen molar-refractivity contribution in [1.82, 2.24) is 0 Å². The molecule has 1 N–H and O–H groups in total. The molecule has 2 aromatic rings. The highest BCUT2D eigenvalue weighted by Gasteiger charge is 2.11. The zero-order valence-electron chi connectivity index (χ0n) is 10.5. The summed E-state index contributed by atoms with van der Waals surface area (Å²) in [5.41, 5.74) is 0.982. The minimum Gasteiger partial charge on any atom is -0.496 e. The number of hydrogen-bond donors (Lipinski definition) is 1. The minimum absolute atomic E-state index is 0.231. The first-order valence-corrected chi connectivity index (χ1v) is 6.44. The van der Waals surface area contributed by atoms with Crippen LogP contribution in [0.25, 0.3) is 0 Å². The molecule has 1 aromatic carbocycles. The van der Waals surface area contributed by atoms with Crippen molar-refractivity contribution in [3.05, 3.63) is 45.6 Å². The number of ether oxygens (including phenoxy) is 1. The van der Waals surface area contributed by atoms with Crippen LogP contribution in [0.15, 0.2) is 29.6 Å². The topological polar surface area (TPSA) is 85.9 Å². The lowest BCUT2D eigenvalue weighted by Gasteiger charge is -2.04. The van der Waals surface area contributed by atoms with Crippen molar-refractivity contribution in [2.24, 2.45) is 0 Å². The number of nitrogens with zero attached hydrogens (tertiary/aromatic N) is 2. The predicted octanol–water partition coefficient (Wildman–Crippen LogP) is 2.75. The fourth-order valence-corrected chi connectivity index (χ4v) is 2.30. The van der Waals surface area contributed by atoms with Gasteiger partial charge in [0.25, 0.3) is 5.91 Å². The van der Waals surface area contributed by atoms with E-state index in [1.165, 1.54) is 30.6 Å². The Morgan fingerprint density at radius 1 is 1.25 bits per heavy atom.